The Hall–Kier alpha value is -1.88. The van der Waals surface area contributed by atoms with E-state index in [1.165, 1.54) is 11.1 Å². The van der Waals surface area contributed by atoms with Crippen LogP contribution in [0.5, 0.6) is 0 Å². The first-order valence-corrected chi connectivity index (χ1v) is 9.97. The molecule has 27 heavy (non-hydrogen) atoms. The Bertz CT molecular complexity index is 781. The number of aryl methyl sites for hydroxylation is 1. The second-order valence-corrected chi connectivity index (χ2v) is 8.50. The van der Waals surface area contributed by atoms with E-state index in [2.05, 4.69) is 84.7 Å². The monoisotopic (exact) mass is 365 g/mol. The van der Waals surface area contributed by atoms with Crippen LogP contribution in [-0.4, -0.2) is 42.5 Å². The minimum Gasteiger partial charge on any atom is -0.361 e. The van der Waals surface area contributed by atoms with Crippen LogP contribution in [0, 0.1) is 6.92 Å². The smallest absolute Gasteiger partial charge is 0.184 e. The highest BCUT2D eigenvalue weighted by atomic mass is 16.3. The summed E-state index contributed by atoms with van der Waals surface area (Å²) in [4.78, 5) is 4.51. The third-order valence-electron chi connectivity index (χ3n) is 6.83. The summed E-state index contributed by atoms with van der Waals surface area (Å²) in [6.07, 6.45) is 3.67. The third-order valence-corrected chi connectivity index (χ3v) is 6.83. The van der Waals surface area contributed by atoms with Gasteiger partial charge in [-0.2, -0.15) is 0 Å². The van der Waals surface area contributed by atoms with Crippen molar-refractivity contribution in [1.29, 1.82) is 0 Å². The Morgan fingerprint density at radius 3 is 2.22 bits per heavy atom. The summed E-state index contributed by atoms with van der Waals surface area (Å²) >= 11 is 0. The van der Waals surface area contributed by atoms with Gasteiger partial charge in [0.15, 0.2) is 6.35 Å². The third kappa shape index (κ3) is 3.16. The molecule has 4 nitrogen and oxygen atoms in total. The molecule has 1 saturated carbocycles. The van der Waals surface area contributed by atoms with E-state index in [4.69, 9.17) is 0 Å². The lowest BCUT2D eigenvalue weighted by molar-refractivity contribution is 0.0513. The predicted octanol–water partition coefficient (Wildman–Crippen LogP) is 3.45. The van der Waals surface area contributed by atoms with E-state index >= 15 is 0 Å². The van der Waals surface area contributed by atoms with Gasteiger partial charge >= 0.3 is 0 Å². The van der Waals surface area contributed by atoms with E-state index in [-0.39, 0.29) is 11.1 Å². The molecular weight excluding hydrogens is 334 g/mol. The number of rotatable bonds is 3. The van der Waals surface area contributed by atoms with Crippen molar-refractivity contribution in [3.05, 3.63) is 65.7 Å². The second-order valence-electron chi connectivity index (χ2n) is 8.50. The number of benzene rings is 2. The molecule has 2 fully saturated rings. The number of hydrogen-bond acceptors (Lipinski definition) is 4. The summed E-state index contributed by atoms with van der Waals surface area (Å²) in [5, 5.41) is 14.3. The molecule has 1 atom stereocenters. The van der Waals surface area contributed by atoms with Crippen LogP contribution in [0.25, 0.3) is 0 Å². The quantitative estimate of drug-likeness (QED) is 0.874. The number of aliphatic hydroxyl groups excluding tert-OH is 1. The number of hydrogen-bond donors (Lipinski definition) is 2. The van der Waals surface area contributed by atoms with Gasteiger partial charge in [0.05, 0.1) is 0 Å². The van der Waals surface area contributed by atoms with E-state index in [1.807, 2.05) is 6.07 Å². The van der Waals surface area contributed by atoms with Crippen molar-refractivity contribution >= 4 is 5.69 Å². The molecule has 0 bridgehead atoms. The summed E-state index contributed by atoms with van der Waals surface area (Å²) < 4.78 is 0. The first-order valence-electron chi connectivity index (χ1n) is 9.97. The fraction of sp³-hybridized carbons (Fsp3) is 0.478. The zero-order chi connectivity index (χ0) is 19.1. The largest absolute Gasteiger partial charge is 0.361 e. The highest BCUT2D eigenvalue weighted by molar-refractivity contribution is 5.55. The van der Waals surface area contributed by atoms with Crippen LogP contribution in [0.1, 0.15) is 36.8 Å². The van der Waals surface area contributed by atoms with Gasteiger partial charge in [0.25, 0.3) is 0 Å². The molecule has 2 aliphatic rings. The molecule has 2 aromatic carbocycles. The van der Waals surface area contributed by atoms with Crippen LogP contribution >= 0.6 is 0 Å². The summed E-state index contributed by atoms with van der Waals surface area (Å²) in [5.41, 5.74) is 3.80. The minimum absolute atomic E-state index is 0.0179. The average molecular weight is 366 g/mol. The van der Waals surface area contributed by atoms with Crippen molar-refractivity contribution in [2.75, 3.05) is 25.5 Å². The van der Waals surface area contributed by atoms with Crippen LogP contribution < -0.4 is 10.2 Å². The van der Waals surface area contributed by atoms with Gasteiger partial charge in [-0.1, -0.05) is 48.5 Å². The molecule has 2 aromatic rings. The number of para-hydroxylation sites is 1. The Labute approximate surface area is 162 Å². The van der Waals surface area contributed by atoms with Crippen LogP contribution in [-0.2, 0) is 5.54 Å². The average Bonchev–Trinajstić information content (AvgIpc) is 2.99. The Morgan fingerprint density at radius 1 is 0.963 bits per heavy atom. The summed E-state index contributed by atoms with van der Waals surface area (Å²) in [6, 6.07) is 19.2. The number of nitrogens with zero attached hydrogens (tertiary/aromatic N) is 2. The molecular formula is C23H31N3O. The van der Waals surface area contributed by atoms with Crippen molar-refractivity contribution < 1.29 is 5.11 Å². The standard InChI is InChI=1S/C23H31N3O/c1-18-9-7-8-12-20(18)26-17-22(24-21(26)27)13-15-23(16-14-22,25(2)3)19-10-5-4-6-11-19/h4-12,21,24,27H,13-17H2,1-3H3/t21?,22-,23+. The van der Waals surface area contributed by atoms with Crippen LogP contribution in [0.2, 0.25) is 0 Å². The lowest BCUT2D eigenvalue weighted by atomic mass is 9.69. The molecule has 1 heterocycles. The molecule has 2 N–H and O–H groups in total. The predicted molar refractivity (Wildman–Crippen MR) is 111 cm³/mol. The normalized spacial score (nSPS) is 31.0. The second kappa shape index (κ2) is 6.93. The van der Waals surface area contributed by atoms with Crippen molar-refractivity contribution in [2.45, 2.75) is 50.0 Å². The van der Waals surface area contributed by atoms with Gasteiger partial charge in [0.2, 0.25) is 0 Å². The molecule has 4 rings (SSSR count). The SMILES string of the molecule is Cc1ccccc1N1C[C@]2(CC[C@](c3ccccc3)(N(C)C)CC2)NC1O. The molecule has 1 spiro atoms. The molecule has 1 aliphatic heterocycles. The Kier molecular flexibility index (Phi) is 4.75. The molecule has 1 unspecified atom stereocenters. The Balaban J connectivity index is 1.56. The van der Waals surface area contributed by atoms with Crippen molar-refractivity contribution in [1.82, 2.24) is 10.2 Å². The summed E-state index contributed by atoms with van der Waals surface area (Å²) in [5.74, 6) is 0. The van der Waals surface area contributed by atoms with Gasteiger partial charge in [-0.15, -0.1) is 0 Å². The first-order chi connectivity index (χ1) is 13.0. The van der Waals surface area contributed by atoms with E-state index in [0.29, 0.717) is 0 Å². The molecule has 1 saturated heterocycles. The molecule has 1 aliphatic carbocycles. The molecule has 144 valence electrons. The van der Waals surface area contributed by atoms with Gasteiger partial charge in [0, 0.05) is 23.3 Å². The Morgan fingerprint density at radius 2 is 1.59 bits per heavy atom. The van der Waals surface area contributed by atoms with Crippen molar-refractivity contribution in [3.63, 3.8) is 0 Å². The molecule has 0 amide bonds. The number of aliphatic hydroxyl groups is 1. The van der Waals surface area contributed by atoms with Crippen molar-refractivity contribution in [3.8, 4) is 0 Å². The fourth-order valence-corrected chi connectivity index (χ4v) is 5.10. The minimum atomic E-state index is -0.616. The highest BCUT2D eigenvalue weighted by Gasteiger charge is 2.50. The molecule has 0 aromatic heterocycles. The van der Waals surface area contributed by atoms with Crippen LogP contribution in [0.4, 0.5) is 5.69 Å². The van der Waals surface area contributed by atoms with Gasteiger partial charge in [-0.25, -0.2) is 0 Å². The van der Waals surface area contributed by atoms with E-state index < -0.39 is 6.35 Å². The maximum absolute atomic E-state index is 10.7. The zero-order valence-electron chi connectivity index (χ0n) is 16.7. The summed E-state index contributed by atoms with van der Waals surface area (Å²) in [7, 11) is 4.39. The topological polar surface area (TPSA) is 38.7 Å². The van der Waals surface area contributed by atoms with E-state index in [9.17, 15) is 5.11 Å². The van der Waals surface area contributed by atoms with E-state index in [0.717, 1.165) is 37.9 Å². The maximum Gasteiger partial charge on any atom is 0.184 e. The highest BCUT2D eigenvalue weighted by Crippen LogP contribution is 2.46. The zero-order valence-corrected chi connectivity index (χ0v) is 16.7. The number of anilines is 1. The maximum atomic E-state index is 10.7. The fourth-order valence-electron chi connectivity index (χ4n) is 5.10. The van der Waals surface area contributed by atoms with Gasteiger partial charge in [-0.3, -0.25) is 10.2 Å². The lowest BCUT2D eigenvalue weighted by Gasteiger charge is -2.49. The van der Waals surface area contributed by atoms with Crippen molar-refractivity contribution in [2.24, 2.45) is 0 Å². The van der Waals surface area contributed by atoms with Crippen LogP contribution in [0.3, 0.4) is 0 Å². The van der Waals surface area contributed by atoms with Crippen LogP contribution in [0.15, 0.2) is 54.6 Å². The van der Waals surface area contributed by atoms with Gasteiger partial charge in [0.1, 0.15) is 0 Å². The molecule has 4 heteroatoms. The first kappa shape index (κ1) is 18.5. The number of nitrogens with one attached hydrogen (secondary N) is 1. The molecule has 0 radical (unpaired) electrons. The lowest BCUT2D eigenvalue weighted by Crippen LogP contribution is -2.54. The van der Waals surface area contributed by atoms with Gasteiger partial charge in [-0.05, 0) is 63.9 Å². The van der Waals surface area contributed by atoms with Gasteiger partial charge < -0.3 is 10.0 Å². The summed E-state index contributed by atoms with van der Waals surface area (Å²) in [6.45, 7) is 2.97. The van der Waals surface area contributed by atoms with E-state index in [1.54, 1.807) is 0 Å².